The molecule has 0 bridgehead atoms. The molecule has 1 aromatic rings. The van der Waals surface area contributed by atoms with Gasteiger partial charge in [0.2, 0.25) is 0 Å². The second-order valence-corrected chi connectivity index (χ2v) is 6.29. The number of benzene rings is 1. The highest BCUT2D eigenvalue weighted by Gasteiger charge is 2.17. The number of methoxy groups -OCH3 is 1. The van der Waals surface area contributed by atoms with Crippen LogP contribution >= 0.6 is 15.9 Å². The zero-order chi connectivity index (χ0) is 18.1. The summed E-state index contributed by atoms with van der Waals surface area (Å²) in [5.74, 6) is -0.367. The number of hydrogen-bond acceptors (Lipinski definition) is 4. The summed E-state index contributed by atoms with van der Waals surface area (Å²) in [6.45, 7) is 8.15. The van der Waals surface area contributed by atoms with Gasteiger partial charge in [-0.15, -0.1) is 0 Å². The fraction of sp³-hybridized carbons (Fsp3) is 0.316. The maximum atomic E-state index is 11.6. The zero-order valence-electron chi connectivity index (χ0n) is 14.2. The molecule has 0 fully saturated rings. The van der Waals surface area contributed by atoms with Crippen molar-refractivity contribution in [2.45, 2.75) is 19.0 Å². The molecule has 0 saturated carbocycles. The van der Waals surface area contributed by atoms with Crippen LogP contribution in [0.3, 0.4) is 0 Å². The zero-order valence-corrected chi connectivity index (χ0v) is 15.8. The van der Waals surface area contributed by atoms with Gasteiger partial charge < -0.3 is 9.84 Å². The number of allylic oxidation sites excluding steroid dienone is 3. The van der Waals surface area contributed by atoms with Gasteiger partial charge >= 0.3 is 5.97 Å². The Bertz CT molecular complexity index is 625. The summed E-state index contributed by atoms with van der Waals surface area (Å²) >= 11 is 3.50. The number of hydrogen-bond donors (Lipinski definition) is 1. The molecule has 5 heteroatoms. The largest absolute Gasteiger partial charge is 0.465 e. The van der Waals surface area contributed by atoms with Gasteiger partial charge in [-0.25, -0.2) is 4.79 Å². The van der Waals surface area contributed by atoms with Crippen molar-refractivity contribution >= 4 is 21.9 Å². The summed E-state index contributed by atoms with van der Waals surface area (Å²) in [7, 11) is 3.31. The number of aliphatic hydroxyl groups is 1. The molecule has 0 radical (unpaired) electrons. The SMILES string of the molecule is C=C/C=C(\C=C)CC(CO)N(C)Cc1ccc(C(=O)OC)cc1Br. The van der Waals surface area contributed by atoms with E-state index in [0.717, 1.165) is 15.6 Å². The smallest absolute Gasteiger partial charge is 0.337 e. The van der Waals surface area contributed by atoms with Crippen LogP contribution in [0.25, 0.3) is 0 Å². The molecular weight excluding hydrogens is 370 g/mol. The van der Waals surface area contributed by atoms with Crippen molar-refractivity contribution in [3.8, 4) is 0 Å². The summed E-state index contributed by atoms with van der Waals surface area (Å²) in [5, 5.41) is 9.70. The van der Waals surface area contributed by atoms with Gasteiger partial charge in [0.15, 0.2) is 0 Å². The fourth-order valence-electron chi connectivity index (χ4n) is 2.32. The lowest BCUT2D eigenvalue weighted by molar-refractivity contribution is 0.0600. The Morgan fingerprint density at radius 3 is 2.67 bits per heavy atom. The molecule has 1 unspecified atom stereocenters. The second-order valence-electron chi connectivity index (χ2n) is 5.43. The molecule has 1 atom stereocenters. The van der Waals surface area contributed by atoms with Crippen LogP contribution in [-0.2, 0) is 11.3 Å². The van der Waals surface area contributed by atoms with Gasteiger partial charge in [-0.2, -0.15) is 0 Å². The molecule has 0 aromatic heterocycles. The van der Waals surface area contributed by atoms with Gasteiger partial charge in [-0.05, 0) is 36.7 Å². The molecule has 130 valence electrons. The number of esters is 1. The first-order valence-corrected chi connectivity index (χ1v) is 8.38. The van der Waals surface area contributed by atoms with Crippen LogP contribution in [0.4, 0.5) is 0 Å². The van der Waals surface area contributed by atoms with E-state index >= 15 is 0 Å². The predicted octanol–water partition coefficient (Wildman–Crippen LogP) is 3.72. The van der Waals surface area contributed by atoms with Crippen LogP contribution in [0, 0.1) is 0 Å². The first-order chi connectivity index (χ1) is 11.5. The number of nitrogens with zero attached hydrogens (tertiary/aromatic N) is 1. The molecule has 4 nitrogen and oxygen atoms in total. The molecule has 0 aliphatic carbocycles. The van der Waals surface area contributed by atoms with Gasteiger partial charge in [-0.1, -0.05) is 53.4 Å². The van der Waals surface area contributed by atoms with Crippen LogP contribution in [0.2, 0.25) is 0 Å². The number of ether oxygens (including phenoxy) is 1. The number of aliphatic hydroxyl groups excluding tert-OH is 1. The van der Waals surface area contributed by atoms with Crippen molar-refractivity contribution in [1.82, 2.24) is 4.90 Å². The Balaban J connectivity index is 2.86. The number of carbonyl (C=O) groups is 1. The first kappa shape index (κ1) is 20.4. The molecule has 0 saturated heterocycles. The average Bonchev–Trinajstić information content (AvgIpc) is 2.59. The first-order valence-electron chi connectivity index (χ1n) is 7.58. The van der Waals surface area contributed by atoms with E-state index in [2.05, 4.69) is 34.0 Å². The van der Waals surface area contributed by atoms with E-state index in [0.29, 0.717) is 18.5 Å². The van der Waals surface area contributed by atoms with Crippen molar-refractivity contribution in [2.75, 3.05) is 20.8 Å². The van der Waals surface area contributed by atoms with Crippen molar-refractivity contribution in [3.63, 3.8) is 0 Å². The Morgan fingerprint density at radius 2 is 2.17 bits per heavy atom. The molecule has 0 aliphatic rings. The molecular formula is C19H24BrNO3. The molecule has 0 amide bonds. The lowest BCUT2D eigenvalue weighted by Gasteiger charge is -2.27. The third kappa shape index (κ3) is 5.74. The Morgan fingerprint density at radius 1 is 1.46 bits per heavy atom. The molecule has 0 aliphatic heterocycles. The van der Waals surface area contributed by atoms with E-state index in [9.17, 15) is 9.90 Å². The minimum atomic E-state index is -0.367. The normalized spacial score (nSPS) is 12.8. The molecule has 1 aromatic carbocycles. The van der Waals surface area contributed by atoms with E-state index in [1.807, 2.05) is 19.2 Å². The minimum Gasteiger partial charge on any atom is -0.465 e. The van der Waals surface area contributed by atoms with Crippen LogP contribution in [0.1, 0.15) is 22.3 Å². The van der Waals surface area contributed by atoms with E-state index in [4.69, 9.17) is 4.74 Å². The van der Waals surface area contributed by atoms with Crippen LogP contribution in [-0.4, -0.2) is 42.8 Å². The maximum Gasteiger partial charge on any atom is 0.337 e. The van der Waals surface area contributed by atoms with Crippen LogP contribution in [0.5, 0.6) is 0 Å². The highest BCUT2D eigenvalue weighted by Crippen LogP contribution is 2.22. The lowest BCUT2D eigenvalue weighted by Crippen LogP contribution is -2.34. The molecule has 24 heavy (non-hydrogen) atoms. The molecule has 0 heterocycles. The van der Waals surface area contributed by atoms with Gasteiger partial charge in [0.25, 0.3) is 0 Å². The topological polar surface area (TPSA) is 49.8 Å². The number of carbonyl (C=O) groups excluding carboxylic acids is 1. The van der Waals surface area contributed by atoms with E-state index < -0.39 is 0 Å². The van der Waals surface area contributed by atoms with Crippen LogP contribution < -0.4 is 0 Å². The van der Waals surface area contributed by atoms with E-state index in [-0.39, 0.29) is 18.6 Å². The third-order valence-electron chi connectivity index (χ3n) is 3.79. The van der Waals surface area contributed by atoms with Crippen molar-refractivity contribution < 1.29 is 14.6 Å². The summed E-state index contributed by atoms with van der Waals surface area (Å²) < 4.78 is 5.55. The number of rotatable bonds is 9. The van der Waals surface area contributed by atoms with Crippen molar-refractivity contribution in [2.24, 2.45) is 0 Å². The summed E-state index contributed by atoms with van der Waals surface area (Å²) in [6, 6.07) is 5.33. The Kier molecular flexibility index (Phi) is 8.68. The van der Waals surface area contributed by atoms with Gasteiger partial charge in [0.05, 0.1) is 19.3 Å². The number of halogens is 1. The molecule has 1 rings (SSSR count). The van der Waals surface area contributed by atoms with Gasteiger partial charge in [0, 0.05) is 17.1 Å². The van der Waals surface area contributed by atoms with Crippen molar-refractivity contribution in [1.29, 1.82) is 0 Å². The monoisotopic (exact) mass is 393 g/mol. The number of likely N-dealkylation sites (N-methyl/N-ethyl adjacent to an activating group) is 1. The minimum absolute atomic E-state index is 0.0384. The Hall–Kier alpha value is -1.69. The Labute approximate surface area is 152 Å². The molecule has 1 N–H and O–H groups in total. The standard InChI is InChI=1S/C19H24BrNO3/c1-5-7-14(6-2)10-17(13-22)21(3)12-16-9-8-15(11-18(16)20)19(23)24-4/h5-9,11,17,22H,1-2,10,12-13H2,3-4H3/b14-7+. The average molecular weight is 394 g/mol. The molecule has 0 spiro atoms. The predicted molar refractivity (Wildman–Crippen MR) is 101 cm³/mol. The van der Waals surface area contributed by atoms with E-state index in [1.54, 1.807) is 24.3 Å². The summed E-state index contributed by atoms with van der Waals surface area (Å²) in [6.07, 6.45) is 6.07. The fourth-order valence-corrected chi connectivity index (χ4v) is 2.82. The van der Waals surface area contributed by atoms with E-state index in [1.165, 1.54) is 7.11 Å². The lowest BCUT2D eigenvalue weighted by atomic mass is 10.0. The van der Waals surface area contributed by atoms with Gasteiger partial charge in [-0.3, -0.25) is 4.90 Å². The van der Waals surface area contributed by atoms with Crippen LogP contribution in [0.15, 0.2) is 59.6 Å². The third-order valence-corrected chi connectivity index (χ3v) is 4.53. The quantitative estimate of drug-likeness (QED) is 0.513. The summed E-state index contributed by atoms with van der Waals surface area (Å²) in [4.78, 5) is 13.6. The summed E-state index contributed by atoms with van der Waals surface area (Å²) in [5.41, 5.74) is 2.55. The van der Waals surface area contributed by atoms with Crippen molar-refractivity contribution in [3.05, 3.63) is 70.8 Å². The highest BCUT2D eigenvalue weighted by molar-refractivity contribution is 9.10. The maximum absolute atomic E-state index is 11.6. The highest BCUT2D eigenvalue weighted by atomic mass is 79.9. The second kappa shape index (κ2) is 10.2. The van der Waals surface area contributed by atoms with Gasteiger partial charge in [0.1, 0.15) is 0 Å².